The van der Waals surface area contributed by atoms with Crippen molar-refractivity contribution in [3.05, 3.63) is 136 Å². The van der Waals surface area contributed by atoms with Gasteiger partial charge in [-0.05, 0) is 59.5 Å². The van der Waals surface area contributed by atoms with Gasteiger partial charge in [0.05, 0.1) is 12.1 Å². The van der Waals surface area contributed by atoms with Gasteiger partial charge in [0.1, 0.15) is 11.6 Å². The molecule has 202 valence electrons. The van der Waals surface area contributed by atoms with Crippen LogP contribution in [0.5, 0.6) is 0 Å². The molecule has 9 heteroatoms. The van der Waals surface area contributed by atoms with Crippen LogP contribution in [0.1, 0.15) is 38.2 Å². The average molecular weight is 540 g/mol. The number of hydrogen-bond acceptors (Lipinski definition) is 5. The van der Waals surface area contributed by atoms with Gasteiger partial charge in [-0.1, -0.05) is 54.1 Å². The van der Waals surface area contributed by atoms with Crippen LogP contribution in [0.25, 0.3) is 0 Å². The topological polar surface area (TPSA) is 91.9 Å². The molecule has 0 unspecified atom stereocenters. The fourth-order valence-electron chi connectivity index (χ4n) is 4.79. The molecule has 0 spiro atoms. The van der Waals surface area contributed by atoms with Crippen molar-refractivity contribution in [2.24, 2.45) is 10.7 Å². The highest BCUT2D eigenvalue weighted by Gasteiger charge is 2.50. The number of aromatic nitrogens is 1. The van der Waals surface area contributed by atoms with Crippen molar-refractivity contribution in [2.75, 3.05) is 7.05 Å². The van der Waals surface area contributed by atoms with Crippen LogP contribution < -0.4 is 5.73 Å². The summed E-state index contributed by atoms with van der Waals surface area (Å²) in [6.07, 6.45) is 3.02. The normalized spacial score (nSPS) is 14.2. The van der Waals surface area contributed by atoms with E-state index in [2.05, 4.69) is 9.98 Å². The Kier molecular flexibility index (Phi) is 7.13. The van der Waals surface area contributed by atoms with Crippen LogP contribution in [-0.2, 0) is 23.4 Å². The summed E-state index contributed by atoms with van der Waals surface area (Å²) in [7, 11) is 1.71. The lowest BCUT2D eigenvalue weighted by Crippen LogP contribution is -2.43. The Labute approximate surface area is 230 Å². The molecule has 2 heterocycles. The first-order chi connectivity index (χ1) is 19.2. The number of nitrogens with two attached hydrogens (primary N) is 1. The molecule has 7 nitrogen and oxygen atoms in total. The van der Waals surface area contributed by atoms with Gasteiger partial charge in [0.15, 0.2) is 11.5 Å². The number of amides is 2. The SMILES string of the molecule is Cc1ccc(CN(C)C(=O)c2cncc(CN3C(=O)C(c4ccc(F)cc4)(c4ccc(F)cc4)N=C3N)c2)cc1. The van der Waals surface area contributed by atoms with Crippen molar-refractivity contribution >= 4 is 17.8 Å². The lowest BCUT2D eigenvalue weighted by atomic mass is 9.82. The number of hydrogen-bond donors (Lipinski definition) is 1. The number of carbonyl (C=O) groups excluding carboxylic acids is 2. The number of aliphatic imine (C=N–C) groups is 1. The third kappa shape index (κ3) is 5.05. The second-order valence-electron chi connectivity index (χ2n) is 9.81. The minimum atomic E-state index is -1.62. The molecule has 4 aromatic rings. The zero-order chi connectivity index (χ0) is 28.4. The Morgan fingerprint density at radius 2 is 1.48 bits per heavy atom. The summed E-state index contributed by atoms with van der Waals surface area (Å²) in [5.41, 5.74) is 8.48. The lowest BCUT2D eigenvalue weighted by Gasteiger charge is -2.27. The standard InChI is InChI=1S/C31H27F2N5O2/c1-20-3-5-21(6-4-20)18-37(2)28(39)23-15-22(16-35-17-23)19-38-29(40)31(36-30(38)34,24-7-11-26(32)12-8-24)25-9-13-27(33)14-10-25/h3-17H,18-19H2,1-2H3,(H2,34,36). The first-order valence-electron chi connectivity index (χ1n) is 12.6. The van der Waals surface area contributed by atoms with Crippen molar-refractivity contribution in [1.82, 2.24) is 14.8 Å². The number of benzene rings is 3. The average Bonchev–Trinajstić information content (AvgIpc) is 3.20. The van der Waals surface area contributed by atoms with Gasteiger partial charge < -0.3 is 10.6 Å². The number of carbonyl (C=O) groups is 2. The molecule has 2 amide bonds. The minimum absolute atomic E-state index is 0.00585. The van der Waals surface area contributed by atoms with Crippen molar-refractivity contribution < 1.29 is 18.4 Å². The minimum Gasteiger partial charge on any atom is -0.369 e. The molecular weight excluding hydrogens is 512 g/mol. The van der Waals surface area contributed by atoms with Gasteiger partial charge >= 0.3 is 0 Å². The molecular formula is C31H27F2N5O2. The zero-order valence-corrected chi connectivity index (χ0v) is 22.0. The van der Waals surface area contributed by atoms with E-state index in [1.165, 1.54) is 59.6 Å². The fourth-order valence-corrected chi connectivity index (χ4v) is 4.79. The summed E-state index contributed by atoms with van der Waals surface area (Å²) >= 11 is 0. The molecule has 0 saturated heterocycles. The van der Waals surface area contributed by atoms with Crippen molar-refractivity contribution in [3.8, 4) is 0 Å². The molecule has 0 saturated carbocycles. The number of rotatable bonds is 7. The zero-order valence-electron chi connectivity index (χ0n) is 22.0. The first kappa shape index (κ1) is 26.7. The molecule has 0 radical (unpaired) electrons. The first-order valence-corrected chi connectivity index (χ1v) is 12.6. The van der Waals surface area contributed by atoms with Crippen molar-refractivity contribution in [3.63, 3.8) is 0 Å². The van der Waals surface area contributed by atoms with Gasteiger partial charge in [-0.15, -0.1) is 0 Å². The summed E-state index contributed by atoms with van der Waals surface area (Å²) in [4.78, 5) is 38.8. The smallest absolute Gasteiger partial charge is 0.266 e. The summed E-state index contributed by atoms with van der Waals surface area (Å²) in [5, 5.41) is 0. The Hall–Kier alpha value is -4.92. The molecule has 40 heavy (non-hydrogen) atoms. The number of guanidine groups is 1. The van der Waals surface area contributed by atoms with E-state index in [1.54, 1.807) is 24.2 Å². The van der Waals surface area contributed by atoms with E-state index < -0.39 is 23.1 Å². The predicted octanol–water partition coefficient (Wildman–Crippen LogP) is 4.54. The fraction of sp³-hybridized carbons (Fsp3) is 0.161. The Morgan fingerprint density at radius 3 is 2.05 bits per heavy atom. The van der Waals surface area contributed by atoms with Gasteiger partial charge in [0, 0.05) is 26.0 Å². The molecule has 0 aliphatic carbocycles. The van der Waals surface area contributed by atoms with Crippen LogP contribution in [-0.4, -0.2) is 39.6 Å². The van der Waals surface area contributed by atoms with Crippen LogP contribution in [0.4, 0.5) is 8.78 Å². The second kappa shape index (κ2) is 10.7. The third-order valence-electron chi connectivity index (χ3n) is 6.91. The summed E-state index contributed by atoms with van der Waals surface area (Å²) in [6, 6.07) is 20.4. The monoisotopic (exact) mass is 539 g/mol. The Balaban J connectivity index is 1.42. The van der Waals surface area contributed by atoms with Gasteiger partial charge in [-0.3, -0.25) is 19.5 Å². The van der Waals surface area contributed by atoms with E-state index in [0.717, 1.165) is 11.1 Å². The van der Waals surface area contributed by atoms with Crippen molar-refractivity contribution in [2.45, 2.75) is 25.6 Å². The summed E-state index contributed by atoms with van der Waals surface area (Å²) in [6.45, 7) is 2.42. The number of halogens is 2. The molecule has 2 N–H and O–H groups in total. The maximum Gasteiger partial charge on any atom is 0.266 e. The van der Waals surface area contributed by atoms with E-state index in [-0.39, 0.29) is 18.4 Å². The van der Waals surface area contributed by atoms with Crippen LogP contribution in [0.3, 0.4) is 0 Å². The largest absolute Gasteiger partial charge is 0.369 e. The number of aryl methyl sites for hydroxylation is 1. The van der Waals surface area contributed by atoms with E-state index in [1.807, 2.05) is 31.2 Å². The highest BCUT2D eigenvalue weighted by Crippen LogP contribution is 2.40. The Bertz CT molecular complexity index is 1540. The van der Waals surface area contributed by atoms with E-state index in [4.69, 9.17) is 5.73 Å². The van der Waals surface area contributed by atoms with Crippen LogP contribution in [0, 0.1) is 18.6 Å². The van der Waals surface area contributed by atoms with E-state index in [0.29, 0.717) is 28.8 Å². The van der Waals surface area contributed by atoms with Crippen LogP contribution in [0.15, 0.2) is 96.2 Å². The number of pyridine rings is 1. The molecule has 3 aromatic carbocycles. The molecule has 1 aromatic heterocycles. The van der Waals surface area contributed by atoms with E-state index >= 15 is 0 Å². The van der Waals surface area contributed by atoms with Gasteiger partial charge in [0.2, 0.25) is 0 Å². The van der Waals surface area contributed by atoms with Gasteiger partial charge in [0.25, 0.3) is 11.8 Å². The maximum atomic E-state index is 14.0. The number of nitrogens with zero attached hydrogens (tertiary/aromatic N) is 4. The van der Waals surface area contributed by atoms with Crippen LogP contribution >= 0.6 is 0 Å². The van der Waals surface area contributed by atoms with Crippen LogP contribution in [0.2, 0.25) is 0 Å². The molecule has 0 bridgehead atoms. The predicted molar refractivity (Wildman–Crippen MR) is 147 cm³/mol. The molecule has 1 aliphatic rings. The maximum absolute atomic E-state index is 14.0. The highest BCUT2D eigenvalue weighted by atomic mass is 19.1. The quantitative estimate of drug-likeness (QED) is 0.373. The lowest BCUT2D eigenvalue weighted by molar-refractivity contribution is -0.130. The third-order valence-corrected chi connectivity index (χ3v) is 6.91. The molecule has 5 rings (SSSR count). The molecule has 1 aliphatic heterocycles. The van der Waals surface area contributed by atoms with E-state index in [9.17, 15) is 18.4 Å². The second-order valence-corrected chi connectivity index (χ2v) is 9.81. The van der Waals surface area contributed by atoms with Gasteiger partial charge in [-0.2, -0.15) is 0 Å². The Morgan fingerprint density at radius 1 is 0.900 bits per heavy atom. The molecule has 0 fully saturated rings. The summed E-state index contributed by atoms with van der Waals surface area (Å²) in [5.74, 6) is -1.73. The molecule has 0 atom stereocenters. The van der Waals surface area contributed by atoms with Gasteiger partial charge in [-0.25, -0.2) is 13.8 Å². The highest BCUT2D eigenvalue weighted by molar-refractivity contribution is 6.09. The summed E-state index contributed by atoms with van der Waals surface area (Å²) < 4.78 is 27.5. The van der Waals surface area contributed by atoms with Crippen molar-refractivity contribution in [1.29, 1.82) is 0 Å².